The summed E-state index contributed by atoms with van der Waals surface area (Å²) in [5.41, 5.74) is 7.52. The van der Waals surface area contributed by atoms with Gasteiger partial charge in [0.15, 0.2) is 0 Å². The largest absolute Gasteiger partial charge is 0.398 e. The summed E-state index contributed by atoms with van der Waals surface area (Å²) < 4.78 is 1.64. The Morgan fingerprint density at radius 2 is 2.19 bits per heavy atom. The van der Waals surface area contributed by atoms with Gasteiger partial charge in [0.2, 0.25) is 0 Å². The van der Waals surface area contributed by atoms with Crippen LogP contribution >= 0.6 is 0 Å². The summed E-state index contributed by atoms with van der Waals surface area (Å²) in [7, 11) is 0. The monoisotopic (exact) mass is 282 g/mol. The summed E-state index contributed by atoms with van der Waals surface area (Å²) in [6.07, 6.45) is 3.33. The standard InChI is InChI=1S/C14H14N6O/c15-11-9-13(18-12-4-2-1-3-10(11)12)14(21)16-5-7-20-8-6-17-19-20/h1-4,6,8-9H,5,7H2,(H2,15,18)(H,16,21). The Hall–Kier alpha value is -2.96. The van der Waals surface area contributed by atoms with Gasteiger partial charge in [0.05, 0.1) is 18.3 Å². The molecule has 2 aromatic heterocycles. The van der Waals surface area contributed by atoms with Gasteiger partial charge in [-0.1, -0.05) is 23.4 Å². The van der Waals surface area contributed by atoms with Crippen molar-refractivity contribution in [3.05, 3.63) is 48.4 Å². The van der Waals surface area contributed by atoms with Gasteiger partial charge in [0.25, 0.3) is 5.91 Å². The second-order valence-electron chi connectivity index (χ2n) is 4.54. The van der Waals surface area contributed by atoms with Gasteiger partial charge < -0.3 is 11.1 Å². The van der Waals surface area contributed by atoms with Crippen LogP contribution in [-0.4, -0.2) is 32.4 Å². The molecule has 3 aromatic rings. The number of hydrogen-bond acceptors (Lipinski definition) is 5. The van der Waals surface area contributed by atoms with Crippen molar-refractivity contribution >= 4 is 22.5 Å². The Morgan fingerprint density at radius 1 is 1.33 bits per heavy atom. The number of fused-ring (bicyclic) bond motifs is 1. The molecule has 0 atom stereocenters. The number of anilines is 1. The number of para-hydroxylation sites is 1. The number of rotatable bonds is 4. The second-order valence-corrected chi connectivity index (χ2v) is 4.54. The van der Waals surface area contributed by atoms with Crippen LogP contribution < -0.4 is 11.1 Å². The number of nitrogens with zero attached hydrogens (tertiary/aromatic N) is 4. The number of carbonyl (C=O) groups excluding carboxylic acids is 1. The molecular weight excluding hydrogens is 268 g/mol. The van der Waals surface area contributed by atoms with Crippen LogP contribution in [0.15, 0.2) is 42.7 Å². The highest BCUT2D eigenvalue weighted by Gasteiger charge is 2.10. The van der Waals surface area contributed by atoms with Gasteiger partial charge in [-0.3, -0.25) is 9.48 Å². The SMILES string of the molecule is Nc1cc(C(=O)NCCn2ccnn2)nc2ccccc12. The van der Waals surface area contributed by atoms with Crippen molar-refractivity contribution in [3.63, 3.8) is 0 Å². The van der Waals surface area contributed by atoms with Crippen LogP contribution in [0.4, 0.5) is 5.69 Å². The van der Waals surface area contributed by atoms with E-state index in [0.29, 0.717) is 30.0 Å². The van der Waals surface area contributed by atoms with Gasteiger partial charge in [-0.25, -0.2) is 4.98 Å². The molecule has 21 heavy (non-hydrogen) atoms. The van der Waals surface area contributed by atoms with Gasteiger partial charge in [0, 0.05) is 23.8 Å². The number of nitrogens with one attached hydrogen (secondary N) is 1. The predicted molar refractivity (Wildman–Crippen MR) is 78.5 cm³/mol. The Bertz CT molecular complexity index is 768. The number of aromatic nitrogens is 4. The van der Waals surface area contributed by atoms with Crippen LogP contribution in [0.1, 0.15) is 10.5 Å². The minimum absolute atomic E-state index is 0.257. The molecule has 7 heteroatoms. The van der Waals surface area contributed by atoms with Crippen LogP contribution in [0.25, 0.3) is 10.9 Å². The molecule has 0 spiro atoms. The summed E-state index contributed by atoms with van der Waals surface area (Å²) in [6, 6.07) is 9.05. The average Bonchev–Trinajstić information content (AvgIpc) is 3.00. The zero-order valence-electron chi connectivity index (χ0n) is 11.2. The van der Waals surface area contributed by atoms with E-state index in [1.54, 1.807) is 23.1 Å². The van der Waals surface area contributed by atoms with Crippen LogP contribution in [0.5, 0.6) is 0 Å². The first-order valence-corrected chi connectivity index (χ1v) is 6.51. The maximum Gasteiger partial charge on any atom is 0.270 e. The molecule has 3 rings (SSSR count). The number of nitrogens with two attached hydrogens (primary N) is 1. The van der Waals surface area contributed by atoms with Gasteiger partial charge in [-0.05, 0) is 12.1 Å². The Morgan fingerprint density at radius 3 is 3.00 bits per heavy atom. The molecule has 2 heterocycles. The maximum absolute atomic E-state index is 12.1. The van der Waals surface area contributed by atoms with E-state index >= 15 is 0 Å². The summed E-state index contributed by atoms with van der Waals surface area (Å²) in [4.78, 5) is 16.4. The first-order valence-electron chi connectivity index (χ1n) is 6.51. The van der Waals surface area contributed by atoms with Crippen LogP contribution in [0, 0.1) is 0 Å². The van der Waals surface area contributed by atoms with E-state index in [1.165, 1.54) is 0 Å². The van der Waals surface area contributed by atoms with Crippen LogP contribution in [0.2, 0.25) is 0 Å². The van der Waals surface area contributed by atoms with Crippen molar-refractivity contribution in [3.8, 4) is 0 Å². The van der Waals surface area contributed by atoms with Crippen molar-refractivity contribution in [1.29, 1.82) is 0 Å². The highest BCUT2D eigenvalue weighted by molar-refractivity contribution is 5.99. The third-order valence-corrected chi connectivity index (χ3v) is 3.08. The van der Waals surface area contributed by atoms with Gasteiger partial charge >= 0.3 is 0 Å². The number of amides is 1. The van der Waals surface area contributed by atoms with E-state index in [1.807, 2.05) is 24.3 Å². The number of nitrogen functional groups attached to an aromatic ring is 1. The highest BCUT2D eigenvalue weighted by atomic mass is 16.1. The van der Waals surface area contributed by atoms with E-state index < -0.39 is 0 Å². The lowest BCUT2D eigenvalue weighted by atomic mass is 10.1. The second kappa shape index (κ2) is 5.58. The zero-order valence-corrected chi connectivity index (χ0v) is 11.2. The molecular formula is C14H14N6O. The molecule has 0 saturated carbocycles. The Kier molecular flexibility index (Phi) is 3.46. The normalized spacial score (nSPS) is 10.7. The molecule has 0 radical (unpaired) electrons. The lowest BCUT2D eigenvalue weighted by Crippen LogP contribution is -2.28. The predicted octanol–water partition coefficient (Wildman–Crippen LogP) is 0.838. The Labute approximate surface area is 120 Å². The fourth-order valence-electron chi connectivity index (χ4n) is 2.05. The molecule has 1 amide bonds. The molecule has 1 aromatic carbocycles. The van der Waals surface area contributed by atoms with Crippen molar-refractivity contribution < 1.29 is 4.79 Å². The molecule has 0 aliphatic heterocycles. The van der Waals surface area contributed by atoms with E-state index in [2.05, 4.69) is 20.6 Å². The van der Waals surface area contributed by atoms with E-state index in [9.17, 15) is 4.79 Å². The lowest BCUT2D eigenvalue weighted by Gasteiger charge is -2.07. The van der Waals surface area contributed by atoms with Gasteiger partial charge in [0.1, 0.15) is 5.69 Å². The summed E-state index contributed by atoms with van der Waals surface area (Å²) in [5.74, 6) is -0.257. The molecule has 0 unspecified atom stereocenters. The summed E-state index contributed by atoms with van der Waals surface area (Å²) >= 11 is 0. The number of pyridine rings is 1. The van der Waals surface area contributed by atoms with Crippen molar-refractivity contribution in [2.75, 3.05) is 12.3 Å². The molecule has 106 valence electrons. The highest BCUT2D eigenvalue weighted by Crippen LogP contribution is 2.19. The fraction of sp³-hybridized carbons (Fsp3) is 0.143. The molecule has 0 fully saturated rings. The molecule has 3 N–H and O–H groups in total. The first kappa shape index (κ1) is 13.0. The van der Waals surface area contributed by atoms with Gasteiger partial charge in [-0.15, -0.1) is 5.10 Å². The van der Waals surface area contributed by atoms with Crippen LogP contribution in [-0.2, 0) is 6.54 Å². The fourth-order valence-corrected chi connectivity index (χ4v) is 2.05. The van der Waals surface area contributed by atoms with E-state index in [-0.39, 0.29) is 5.91 Å². The number of hydrogen-bond donors (Lipinski definition) is 2. The van der Waals surface area contributed by atoms with Crippen molar-refractivity contribution in [2.45, 2.75) is 6.54 Å². The van der Waals surface area contributed by atoms with Crippen LogP contribution in [0.3, 0.4) is 0 Å². The van der Waals surface area contributed by atoms with E-state index in [4.69, 9.17) is 5.73 Å². The smallest absolute Gasteiger partial charge is 0.270 e. The minimum atomic E-state index is -0.257. The molecule has 0 saturated heterocycles. The first-order chi connectivity index (χ1) is 10.2. The average molecular weight is 282 g/mol. The molecule has 7 nitrogen and oxygen atoms in total. The topological polar surface area (TPSA) is 98.7 Å². The number of carbonyl (C=O) groups is 1. The van der Waals surface area contributed by atoms with Gasteiger partial charge in [-0.2, -0.15) is 0 Å². The third kappa shape index (κ3) is 2.81. The van der Waals surface area contributed by atoms with Crippen molar-refractivity contribution in [1.82, 2.24) is 25.3 Å². The quantitative estimate of drug-likeness (QED) is 0.738. The molecule has 0 aliphatic rings. The Balaban J connectivity index is 1.72. The summed E-state index contributed by atoms with van der Waals surface area (Å²) in [6.45, 7) is 0.991. The molecule has 0 bridgehead atoms. The minimum Gasteiger partial charge on any atom is -0.398 e. The molecule has 0 aliphatic carbocycles. The lowest BCUT2D eigenvalue weighted by molar-refractivity contribution is 0.0947. The third-order valence-electron chi connectivity index (χ3n) is 3.08. The number of benzene rings is 1. The summed E-state index contributed by atoms with van der Waals surface area (Å²) in [5, 5.41) is 11.1. The zero-order chi connectivity index (χ0) is 14.7. The van der Waals surface area contributed by atoms with Crippen molar-refractivity contribution in [2.24, 2.45) is 0 Å². The van der Waals surface area contributed by atoms with E-state index in [0.717, 1.165) is 5.39 Å². The maximum atomic E-state index is 12.1.